The van der Waals surface area contributed by atoms with Crippen molar-refractivity contribution in [2.45, 2.75) is 24.2 Å². The van der Waals surface area contributed by atoms with E-state index < -0.39 is 17.4 Å². The number of hydrogen-bond acceptors (Lipinski definition) is 10. The van der Waals surface area contributed by atoms with Gasteiger partial charge in [-0.1, -0.05) is 6.07 Å². The molecular formula is C28H31N5O8S. The second kappa shape index (κ2) is 13.6. The molecule has 0 unspecified atom stereocenters. The van der Waals surface area contributed by atoms with Gasteiger partial charge >= 0.3 is 11.9 Å². The maximum atomic E-state index is 13.4. The van der Waals surface area contributed by atoms with E-state index in [0.717, 1.165) is 23.5 Å². The van der Waals surface area contributed by atoms with E-state index >= 15 is 0 Å². The monoisotopic (exact) mass is 597 g/mol. The van der Waals surface area contributed by atoms with Gasteiger partial charge in [0.15, 0.2) is 0 Å². The highest BCUT2D eigenvalue weighted by atomic mass is 32.2. The lowest BCUT2D eigenvalue weighted by atomic mass is 9.78. The predicted octanol–water partition coefficient (Wildman–Crippen LogP) is 2.09. The number of methoxy groups -OCH3 is 1. The zero-order chi connectivity index (χ0) is 30.3. The molecule has 5 rings (SSSR count). The van der Waals surface area contributed by atoms with Crippen LogP contribution < -0.4 is 15.4 Å². The van der Waals surface area contributed by atoms with E-state index in [2.05, 4.69) is 43.7 Å². The normalized spacial score (nSPS) is 15.9. The molecule has 4 heterocycles. The van der Waals surface area contributed by atoms with Gasteiger partial charge in [0.05, 0.1) is 41.8 Å². The number of pyridine rings is 2. The Balaban J connectivity index is 0.000000612. The molecule has 3 aromatic rings. The number of amides is 2. The number of aliphatic carboxylic acids is 2. The summed E-state index contributed by atoms with van der Waals surface area (Å²) in [4.78, 5) is 55.4. The van der Waals surface area contributed by atoms with Crippen LogP contribution in [0, 0.1) is 5.41 Å². The van der Waals surface area contributed by atoms with E-state index in [4.69, 9.17) is 24.5 Å². The van der Waals surface area contributed by atoms with Crippen LogP contribution in [0.25, 0.3) is 11.0 Å². The summed E-state index contributed by atoms with van der Waals surface area (Å²) in [6.07, 6.45) is 3.60. The molecule has 2 aliphatic rings. The fraction of sp³-hybridized carbons (Fsp3) is 0.357. The number of ether oxygens (including phenoxy) is 1. The first-order valence-electron chi connectivity index (χ1n) is 13.1. The zero-order valence-electron chi connectivity index (χ0n) is 22.8. The lowest BCUT2D eigenvalue weighted by Crippen LogP contribution is -2.49. The fourth-order valence-corrected chi connectivity index (χ4v) is 5.50. The number of carboxylic acids is 2. The van der Waals surface area contributed by atoms with Crippen molar-refractivity contribution in [2.24, 2.45) is 5.41 Å². The van der Waals surface area contributed by atoms with Crippen LogP contribution in [0.2, 0.25) is 0 Å². The molecule has 0 spiro atoms. The van der Waals surface area contributed by atoms with E-state index in [1.807, 2.05) is 0 Å². The summed E-state index contributed by atoms with van der Waals surface area (Å²) in [7, 11) is 1.54. The van der Waals surface area contributed by atoms with Crippen LogP contribution in [-0.4, -0.2) is 93.0 Å². The number of aromatic nitrogens is 2. The van der Waals surface area contributed by atoms with Crippen molar-refractivity contribution < 1.29 is 39.2 Å². The number of aliphatic hydroxyl groups excluding tert-OH is 1. The molecule has 5 N–H and O–H groups in total. The Hall–Kier alpha value is -4.27. The van der Waals surface area contributed by atoms with Crippen molar-refractivity contribution in [2.75, 3.05) is 49.7 Å². The Bertz CT molecular complexity index is 1480. The van der Waals surface area contributed by atoms with E-state index in [0.29, 0.717) is 54.3 Å². The van der Waals surface area contributed by atoms with E-state index in [9.17, 15) is 14.7 Å². The first kappa shape index (κ1) is 30.7. The maximum Gasteiger partial charge on any atom is 0.414 e. The summed E-state index contributed by atoms with van der Waals surface area (Å²) < 4.78 is 5.22. The predicted molar refractivity (Wildman–Crippen MR) is 155 cm³/mol. The summed E-state index contributed by atoms with van der Waals surface area (Å²) >= 11 is 1.56. The number of carboxylic acid groups (broad SMARTS) is 2. The second-order valence-corrected chi connectivity index (χ2v) is 10.9. The Morgan fingerprint density at radius 2 is 1.86 bits per heavy atom. The molecule has 0 saturated carbocycles. The molecule has 1 saturated heterocycles. The Morgan fingerprint density at radius 1 is 1.12 bits per heavy atom. The third-order valence-corrected chi connectivity index (χ3v) is 8.26. The van der Waals surface area contributed by atoms with Crippen LogP contribution in [0.4, 0.5) is 11.4 Å². The van der Waals surface area contributed by atoms with Crippen LogP contribution >= 0.6 is 11.8 Å². The van der Waals surface area contributed by atoms with Crippen LogP contribution in [0.15, 0.2) is 47.5 Å². The minimum atomic E-state index is -1.82. The van der Waals surface area contributed by atoms with Gasteiger partial charge in [0.1, 0.15) is 5.52 Å². The molecule has 0 bridgehead atoms. The number of carbonyl (C=O) groups is 4. The minimum absolute atomic E-state index is 0.0361. The number of piperidine rings is 1. The van der Waals surface area contributed by atoms with Gasteiger partial charge in [0, 0.05) is 23.7 Å². The molecule has 0 radical (unpaired) electrons. The molecule has 13 nitrogen and oxygen atoms in total. The largest absolute Gasteiger partial charge is 0.481 e. The van der Waals surface area contributed by atoms with E-state index in [1.165, 1.54) is 5.56 Å². The number of anilines is 2. The smallest absolute Gasteiger partial charge is 0.414 e. The number of likely N-dealkylation sites (tertiary alicyclic amines) is 1. The van der Waals surface area contributed by atoms with Gasteiger partial charge in [-0.3, -0.25) is 14.6 Å². The molecule has 1 aromatic carbocycles. The fourth-order valence-electron chi connectivity index (χ4n) is 4.71. The molecule has 0 atom stereocenters. The van der Waals surface area contributed by atoms with Crippen LogP contribution in [-0.2, 0) is 25.6 Å². The standard InChI is InChI=1S/C26H29N5O4S.C2H2O4/c1-35-23-5-3-18-24(30-23)19(6-10-27-18)29-25(34)26(16-32)8-12-31(13-9-26)11-7-17-2-4-21-20(14-17)28-22(33)15-36-21;3-1(4)2(5)6/h2-6,10,14,32H,7-9,11-13,15-16H2,1H3,(H,28,33)(H,27,29,34);(H,3,4)(H,5,6). The topological polar surface area (TPSA) is 191 Å². The van der Waals surface area contributed by atoms with Crippen molar-refractivity contribution in [3.8, 4) is 5.88 Å². The number of fused-ring (bicyclic) bond motifs is 2. The third-order valence-electron chi connectivity index (χ3n) is 7.19. The van der Waals surface area contributed by atoms with Crippen molar-refractivity contribution in [1.82, 2.24) is 14.9 Å². The SMILES string of the molecule is COc1ccc2nccc(NC(=O)C3(CO)CCN(CCc4ccc5c(c4)NC(=O)CS5)CC3)c2n1.O=C(O)C(=O)O. The first-order valence-corrected chi connectivity index (χ1v) is 14.1. The van der Waals surface area contributed by atoms with Gasteiger partial charge in [-0.25, -0.2) is 14.6 Å². The Kier molecular flexibility index (Phi) is 9.93. The zero-order valence-corrected chi connectivity index (χ0v) is 23.6. The lowest BCUT2D eigenvalue weighted by Gasteiger charge is -2.39. The molecule has 42 heavy (non-hydrogen) atoms. The molecule has 222 valence electrons. The summed E-state index contributed by atoms with van der Waals surface area (Å²) in [5.41, 5.74) is 2.96. The van der Waals surface area contributed by atoms with Gasteiger partial charge in [-0.15, -0.1) is 11.8 Å². The molecule has 14 heteroatoms. The maximum absolute atomic E-state index is 13.4. The number of nitrogens with one attached hydrogen (secondary N) is 2. The highest BCUT2D eigenvalue weighted by molar-refractivity contribution is 8.00. The van der Waals surface area contributed by atoms with Crippen molar-refractivity contribution in [3.05, 3.63) is 48.2 Å². The first-order chi connectivity index (χ1) is 20.1. The third kappa shape index (κ3) is 7.32. The van der Waals surface area contributed by atoms with E-state index in [-0.39, 0.29) is 18.4 Å². The highest BCUT2D eigenvalue weighted by Crippen LogP contribution is 2.35. The highest BCUT2D eigenvalue weighted by Gasteiger charge is 2.41. The number of carbonyl (C=O) groups excluding carboxylic acids is 2. The Labute approximate surface area is 245 Å². The quantitative estimate of drug-likeness (QED) is 0.250. The van der Waals surface area contributed by atoms with Gasteiger partial charge < -0.3 is 35.6 Å². The summed E-state index contributed by atoms with van der Waals surface area (Å²) in [6.45, 7) is 2.07. The van der Waals surface area contributed by atoms with Gasteiger partial charge in [-0.2, -0.15) is 0 Å². The van der Waals surface area contributed by atoms with Crippen molar-refractivity contribution in [3.63, 3.8) is 0 Å². The van der Waals surface area contributed by atoms with Crippen molar-refractivity contribution in [1.29, 1.82) is 0 Å². The number of aliphatic hydroxyl groups is 1. The number of rotatable bonds is 7. The van der Waals surface area contributed by atoms with Crippen LogP contribution in [0.3, 0.4) is 0 Å². The number of thioether (sulfide) groups is 1. The number of nitrogens with zero attached hydrogens (tertiary/aromatic N) is 3. The average molecular weight is 598 g/mol. The second-order valence-electron chi connectivity index (χ2n) is 9.84. The Morgan fingerprint density at radius 3 is 2.52 bits per heavy atom. The molecule has 0 aliphatic carbocycles. The molecule has 2 aromatic heterocycles. The van der Waals surface area contributed by atoms with Gasteiger partial charge in [0.2, 0.25) is 17.7 Å². The molecule has 2 amide bonds. The van der Waals surface area contributed by atoms with Crippen LogP contribution in [0.5, 0.6) is 5.88 Å². The molecule has 1 fully saturated rings. The van der Waals surface area contributed by atoms with Crippen molar-refractivity contribution >= 4 is 57.9 Å². The van der Waals surface area contributed by atoms with Gasteiger partial charge in [0.25, 0.3) is 0 Å². The molecule has 2 aliphatic heterocycles. The number of benzene rings is 1. The average Bonchev–Trinajstić information content (AvgIpc) is 3.00. The summed E-state index contributed by atoms with van der Waals surface area (Å²) in [5.74, 6) is -2.91. The summed E-state index contributed by atoms with van der Waals surface area (Å²) in [6, 6.07) is 11.5. The number of hydrogen-bond donors (Lipinski definition) is 5. The van der Waals surface area contributed by atoms with E-state index in [1.54, 1.807) is 43.3 Å². The lowest BCUT2D eigenvalue weighted by molar-refractivity contribution is -0.159. The minimum Gasteiger partial charge on any atom is -0.481 e. The van der Waals surface area contributed by atoms with Crippen LogP contribution in [0.1, 0.15) is 18.4 Å². The van der Waals surface area contributed by atoms with Gasteiger partial charge in [-0.05, 0) is 62.2 Å². The molecular weight excluding hydrogens is 566 g/mol. The summed E-state index contributed by atoms with van der Waals surface area (Å²) in [5, 5.41) is 31.0.